The normalized spacial score (nSPS) is 11.4. The van der Waals surface area contributed by atoms with E-state index in [1.807, 2.05) is 0 Å². The molecule has 8 aromatic carbocycles. The standard InChI is InChI=1S/C51H33NO/c1-3-13-34(14-4-1)38-19-11-20-41(30-38)47-32-42(39-26-25-36-17-7-8-18-37(36)29-39)33-48(52-47)44-22-10-9-21-43(44)45-23-12-24-50-51(45)46-31-40(27-28-49(46)53-50)35-15-5-2-6-16-35/h1-33H. The molecule has 10 rings (SSSR count). The summed E-state index contributed by atoms with van der Waals surface area (Å²) in [6.07, 6.45) is 0. The largest absolute Gasteiger partial charge is 0.456 e. The molecule has 0 bridgehead atoms. The van der Waals surface area contributed by atoms with Gasteiger partial charge in [0, 0.05) is 21.9 Å². The van der Waals surface area contributed by atoms with Crippen LogP contribution in [-0.4, -0.2) is 4.98 Å². The van der Waals surface area contributed by atoms with Gasteiger partial charge in [0.15, 0.2) is 0 Å². The van der Waals surface area contributed by atoms with Gasteiger partial charge in [0.25, 0.3) is 0 Å². The van der Waals surface area contributed by atoms with E-state index in [4.69, 9.17) is 9.40 Å². The van der Waals surface area contributed by atoms with Crippen LogP contribution >= 0.6 is 0 Å². The van der Waals surface area contributed by atoms with Gasteiger partial charge in [0.2, 0.25) is 0 Å². The zero-order valence-electron chi connectivity index (χ0n) is 28.9. The predicted octanol–water partition coefficient (Wildman–Crippen LogP) is 14.1. The second-order valence-corrected chi connectivity index (χ2v) is 13.5. The van der Waals surface area contributed by atoms with Crippen LogP contribution in [0.2, 0.25) is 0 Å². The van der Waals surface area contributed by atoms with Gasteiger partial charge >= 0.3 is 0 Å². The minimum Gasteiger partial charge on any atom is -0.456 e. The van der Waals surface area contributed by atoms with Crippen LogP contribution in [0.1, 0.15) is 0 Å². The van der Waals surface area contributed by atoms with Crippen molar-refractivity contribution < 1.29 is 4.42 Å². The Hall–Kier alpha value is -7.03. The molecule has 0 fully saturated rings. The van der Waals surface area contributed by atoms with E-state index in [9.17, 15) is 0 Å². The Morgan fingerprint density at radius 2 is 0.887 bits per heavy atom. The van der Waals surface area contributed by atoms with Crippen molar-refractivity contribution in [3.63, 3.8) is 0 Å². The molecule has 0 unspecified atom stereocenters. The van der Waals surface area contributed by atoms with Gasteiger partial charge in [-0.1, -0.05) is 158 Å². The summed E-state index contributed by atoms with van der Waals surface area (Å²) in [4.78, 5) is 5.44. The number of furan rings is 1. The van der Waals surface area contributed by atoms with E-state index in [1.165, 1.54) is 21.9 Å². The van der Waals surface area contributed by atoms with Gasteiger partial charge in [0.05, 0.1) is 11.4 Å². The molecule has 0 spiro atoms. The number of rotatable bonds is 6. The quantitative estimate of drug-likeness (QED) is 0.175. The molecule has 0 atom stereocenters. The lowest BCUT2D eigenvalue weighted by molar-refractivity contribution is 0.669. The first-order chi connectivity index (χ1) is 26.2. The Morgan fingerprint density at radius 1 is 0.302 bits per heavy atom. The molecule has 2 heteroatoms. The maximum Gasteiger partial charge on any atom is 0.136 e. The molecule has 0 radical (unpaired) electrons. The number of hydrogen-bond acceptors (Lipinski definition) is 2. The van der Waals surface area contributed by atoms with Gasteiger partial charge in [0.1, 0.15) is 11.2 Å². The lowest BCUT2D eigenvalue weighted by atomic mass is 9.91. The Labute approximate surface area is 308 Å². The van der Waals surface area contributed by atoms with Gasteiger partial charge in [-0.2, -0.15) is 0 Å². The first-order valence-electron chi connectivity index (χ1n) is 18.0. The van der Waals surface area contributed by atoms with E-state index >= 15 is 0 Å². The van der Waals surface area contributed by atoms with E-state index in [2.05, 4.69) is 200 Å². The molecule has 248 valence electrons. The van der Waals surface area contributed by atoms with Crippen molar-refractivity contribution in [1.29, 1.82) is 0 Å². The van der Waals surface area contributed by atoms with Crippen LogP contribution in [0.5, 0.6) is 0 Å². The van der Waals surface area contributed by atoms with E-state index in [0.717, 1.165) is 77.8 Å². The van der Waals surface area contributed by atoms with E-state index in [0.29, 0.717) is 0 Å². The monoisotopic (exact) mass is 675 g/mol. The molecule has 2 nitrogen and oxygen atoms in total. The van der Waals surface area contributed by atoms with E-state index in [1.54, 1.807) is 0 Å². The summed E-state index contributed by atoms with van der Waals surface area (Å²) in [5.41, 5.74) is 14.9. The molecular weight excluding hydrogens is 643 g/mol. The van der Waals surface area contributed by atoms with Crippen molar-refractivity contribution in [2.45, 2.75) is 0 Å². The molecule has 0 N–H and O–H groups in total. The molecule has 0 saturated heterocycles. The fourth-order valence-corrected chi connectivity index (χ4v) is 7.64. The number of aromatic nitrogens is 1. The second kappa shape index (κ2) is 12.9. The predicted molar refractivity (Wildman–Crippen MR) is 222 cm³/mol. The SMILES string of the molecule is c1ccc(-c2cccc(-c3cc(-c4ccc5ccccc5c4)cc(-c4ccccc4-c4cccc5oc6ccc(-c7ccccc7)cc6c45)n3)c2)cc1. The van der Waals surface area contributed by atoms with Crippen LogP contribution in [0.3, 0.4) is 0 Å². The van der Waals surface area contributed by atoms with Crippen molar-refractivity contribution >= 4 is 32.7 Å². The van der Waals surface area contributed by atoms with Crippen LogP contribution in [0.4, 0.5) is 0 Å². The molecule has 0 aliphatic heterocycles. The lowest BCUT2D eigenvalue weighted by Gasteiger charge is -2.15. The number of nitrogens with zero attached hydrogens (tertiary/aromatic N) is 1. The first kappa shape index (κ1) is 30.8. The number of benzene rings is 8. The average Bonchev–Trinajstić information content (AvgIpc) is 3.62. The maximum absolute atomic E-state index is 6.47. The highest BCUT2D eigenvalue weighted by atomic mass is 16.3. The van der Waals surface area contributed by atoms with Gasteiger partial charge in [-0.3, -0.25) is 0 Å². The fourth-order valence-electron chi connectivity index (χ4n) is 7.64. The summed E-state index contributed by atoms with van der Waals surface area (Å²) in [5, 5.41) is 4.64. The fraction of sp³-hybridized carbons (Fsp3) is 0. The van der Waals surface area contributed by atoms with Crippen LogP contribution in [0.15, 0.2) is 205 Å². The first-order valence-corrected chi connectivity index (χ1v) is 18.0. The molecular formula is C51H33NO. The summed E-state index contributed by atoms with van der Waals surface area (Å²) in [5.74, 6) is 0. The molecule has 2 aromatic heterocycles. The van der Waals surface area contributed by atoms with Crippen LogP contribution in [0.25, 0.3) is 99.7 Å². The lowest BCUT2D eigenvalue weighted by Crippen LogP contribution is -1.94. The Morgan fingerprint density at radius 3 is 1.70 bits per heavy atom. The molecule has 0 aliphatic rings. The van der Waals surface area contributed by atoms with Crippen molar-refractivity contribution in [3.05, 3.63) is 200 Å². The third-order valence-corrected chi connectivity index (χ3v) is 10.3. The highest BCUT2D eigenvalue weighted by Crippen LogP contribution is 2.42. The van der Waals surface area contributed by atoms with Gasteiger partial charge in [-0.05, 0) is 97.7 Å². The van der Waals surface area contributed by atoms with Crippen molar-refractivity contribution in [2.24, 2.45) is 0 Å². The number of hydrogen-bond donors (Lipinski definition) is 0. The zero-order valence-corrected chi connectivity index (χ0v) is 28.9. The number of pyridine rings is 1. The maximum atomic E-state index is 6.47. The van der Waals surface area contributed by atoms with Crippen LogP contribution < -0.4 is 0 Å². The Balaban J connectivity index is 1.18. The zero-order chi connectivity index (χ0) is 35.1. The van der Waals surface area contributed by atoms with Crippen molar-refractivity contribution in [2.75, 3.05) is 0 Å². The Kier molecular flexibility index (Phi) is 7.51. The summed E-state index contributed by atoms with van der Waals surface area (Å²) in [6.45, 7) is 0. The van der Waals surface area contributed by atoms with Crippen molar-refractivity contribution in [3.8, 4) is 67.0 Å². The summed E-state index contributed by atoms with van der Waals surface area (Å²) < 4.78 is 6.47. The van der Waals surface area contributed by atoms with Crippen LogP contribution in [-0.2, 0) is 0 Å². The average molecular weight is 676 g/mol. The third-order valence-electron chi connectivity index (χ3n) is 10.3. The number of fused-ring (bicyclic) bond motifs is 4. The smallest absolute Gasteiger partial charge is 0.136 e. The summed E-state index contributed by atoms with van der Waals surface area (Å²) in [6, 6.07) is 71.0. The summed E-state index contributed by atoms with van der Waals surface area (Å²) in [7, 11) is 0. The second-order valence-electron chi connectivity index (χ2n) is 13.5. The molecule has 0 amide bonds. The minimum absolute atomic E-state index is 0.869. The molecule has 2 heterocycles. The van der Waals surface area contributed by atoms with Crippen LogP contribution in [0, 0.1) is 0 Å². The van der Waals surface area contributed by atoms with Gasteiger partial charge in [-0.25, -0.2) is 4.98 Å². The molecule has 53 heavy (non-hydrogen) atoms. The van der Waals surface area contributed by atoms with E-state index < -0.39 is 0 Å². The molecule has 0 aliphatic carbocycles. The van der Waals surface area contributed by atoms with Crippen molar-refractivity contribution in [1.82, 2.24) is 4.98 Å². The molecule has 0 saturated carbocycles. The summed E-state index contributed by atoms with van der Waals surface area (Å²) >= 11 is 0. The Bertz CT molecular complexity index is 2940. The van der Waals surface area contributed by atoms with Gasteiger partial charge < -0.3 is 4.42 Å². The highest BCUT2D eigenvalue weighted by Gasteiger charge is 2.18. The highest BCUT2D eigenvalue weighted by molar-refractivity contribution is 6.14. The third kappa shape index (κ3) is 5.67. The van der Waals surface area contributed by atoms with Gasteiger partial charge in [-0.15, -0.1) is 0 Å². The topological polar surface area (TPSA) is 26.0 Å². The molecule has 10 aromatic rings. The van der Waals surface area contributed by atoms with E-state index in [-0.39, 0.29) is 0 Å². The minimum atomic E-state index is 0.869.